The Bertz CT molecular complexity index is 381. The van der Waals surface area contributed by atoms with Gasteiger partial charge >= 0.3 is 0 Å². The van der Waals surface area contributed by atoms with E-state index in [1.165, 1.54) is 0 Å². The van der Waals surface area contributed by atoms with Crippen LogP contribution in [0.5, 0.6) is 0 Å². The van der Waals surface area contributed by atoms with E-state index >= 15 is 0 Å². The molecule has 1 aromatic rings. The van der Waals surface area contributed by atoms with Crippen LogP contribution in [0.15, 0.2) is 24.3 Å². The number of nitrogens with one attached hydrogen (secondary N) is 1. The molecule has 0 bridgehead atoms. The second-order valence-corrected chi connectivity index (χ2v) is 3.95. The number of carbonyl (C=O) groups is 1. The van der Waals surface area contributed by atoms with Crippen molar-refractivity contribution in [3.05, 3.63) is 35.4 Å². The quantitative estimate of drug-likeness (QED) is 0.684. The fourth-order valence-corrected chi connectivity index (χ4v) is 1.60. The lowest BCUT2D eigenvalue weighted by Crippen LogP contribution is -2.28. The van der Waals surface area contributed by atoms with Crippen LogP contribution < -0.4 is 5.32 Å². The highest BCUT2D eigenvalue weighted by Gasteiger charge is 2.09. The third-order valence-corrected chi connectivity index (χ3v) is 2.53. The van der Waals surface area contributed by atoms with E-state index in [4.69, 9.17) is 14.2 Å². The summed E-state index contributed by atoms with van der Waals surface area (Å²) in [4.78, 5) is 12.0. The average Bonchev–Trinajstić information content (AvgIpc) is 2.43. The molecule has 0 aromatic heterocycles. The molecule has 0 fully saturated rings. The van der Waals surface area contributed by atoms with Crippen LogP contribution in [0.4, 0.5) is 0 Å². The molecule has 5 heteroatoms. The lowest BCUT2D eigenvalue weighted by atomic mass is 10.1. The SMILES string of the molecule is COCCOCCNC(=O)c1ccccc1COC. The Morgan fingerprint density at radius 3 is 2.63 bits per heavy atom. The number of methoxy groups -OCH3 is 2. The zero-order valence-corrected chi connectivity index (χ0v) is 11.5. The van der Waals surface area contributed by atoms with E-state index in [2.05, 4.69) is 5.32 Å². The van der Waals surface area contributed by atoms with Crippen molar-refractivity contribution in [1.82, 2.24) is 5.32 Å². The molecule has 19 heavy (non-hydrogen) atoms. The molecule has 0 saturated heterocycles. The van der Waals surface area contributed by atoms with Crippen LogP contribution in [0, 0.1) is 0 Å². The number of benzene rings is 1. The first-order valence-electron chi connectivity index (χ1n) is 6.21. The Balaban J connectivity index is 2.36. The summed E-state index contributed by atoms with van der Waals surface area (Å²) in [6.07, 6.45) is 0. The summed E-state index contributed by atoms with van der Waals surface area (Å²) in [6.45, 7) is 2.47. The van der Waals surface area contributed by atoms with E-state index < -0.39 is 0 Å². The molecule has 0 unspecified atom stereocenters. The van der Waals surface area contributed by atoms with Crippen molar-refractivity contribution in [3.8, 4) is 0 Å². The van der Waals surface area contributed by atoms with E-state index in [0.717, 1.165) is 5.56 Å². The van der Waals surface area contributed by atoms with Gasteiger partial charge in [-0.15, -0.1) is 0 Å². The molecule has 106 valence electrons. The van der Waals surface area contributed by atoms with Crippen molar-refractivity contribution in [3.63, 3.8) is 0 Å². The zero-order valence-electron chi connectivity index (χ0n) is 11.5. The smallest absolute Gasteiger partial charge is 0.251 e. The number of ether oxygens (including phenoxy) is 3. The maximum absolute atomic E-state index is 12.0. The molecular formula is C14H21NO4. The van der Waals surface area contributed by atoms with E-state index in [1.807, 2.05) is 18.2 Å². The van der Waals surface area contributed by atoms with E-state index in [0.29, 0.717) is 38.5 Å². The van der Waals surface area contributed by atoms with Crippen molar-refractivity contribution in [1.29, 1.82) is 0 Å². The van der Waals surface area contributed by atoms with Gasteiger partial charge in [0.2, 0.25) is 0 Å². The Labute approximate surface area is 113 Å². The third-order valence-electron chi connectivity index (χ3n) is 2.53. The van der Waals surface area contributed by atoms with Gasteiger partial charge in [0.1, 0.15) is 0 Å². The highest BCUT2D eigenvalue weighted by atomic mass is 16.5. The van der Waals surface area contributed by atoms with E-state index in [-0.39, 0.29) is 5.91 Å². The Hall–Kier alpha value is -1.43. The Morgan fingerprint density at radius 2 is 1.89 bits per heavy atom. The van der Waals surface area contributed by atoms with Crippen molar-refractivity contribution in [2.75, 3.05) is 40.6 Å². The molecule has 0 aliphatic heterocycles. The van der Waals surface area contributed by atoms with Gasteiger partial charge in [-0.25, -0.2) is 0 Å². The molecule has 1 N–H and O–H groups in total. The van der Waals surface area contributed by atoms with Crippen molar-refractivity contribution in [2.45, 2.75) is 6.61 Å². The first kappa shape index (κ1) is 15.6. The second-order valence-electron chi connectivity index (χ2n) is 3.95. The summed E-state index contributed by atoms with van der Waals surface area (Å²) in [6, 6.07) is 7.39. The molecule has 1 amide bonds. The van der Waals surface area contributed by atoms with Crippen LogP contribution in [0.3, 0.4) is 0 Å². The molecule has 0 heterocycles. The van der Waals surface area contributed by atoms with Gasteiger partial charge in [0.25, 0.3) is 5.91 Å². The predicted octanol–water partition coefficient (Wildman–Crippen LogP) is 1.23. The van der Waals surface area contributed by atoms with E-state index in [9.17, 15) is 4.79 Å². The van der Waals surface area contributed by atoms with Gasteiger partial charge in [-0.2, -0.15) is 0 Å². The highest BCUT2D eigenvalue weighted by molar-refractivity contribution is 5.95. The van der Waals surface area contributed by atoms with E-state index in [1.54, 1.807) is 20.3 Å². The third kappa shape index (κ3) is 5.83. The topological polar surface area (TPSA) is 56.8 Å². The number of hydrogen-bond acceptors (Lipinski definition) is 4. The van der Waals surface area contributed by atoms with Crippen LogP contribution in [0.25, 0.3) is 0 Å². The van der Waals surface area contributed by atoms with Gasteiger partial charge in [-0.3, -0.25) is 4.79 Å². The normalized spacial score (nSPS) is 10.4. The van der Waals surface area contributed by atoms with Gasteiger partial charge in [-0.05, 0) is 11.6 Å². The lowest BCUT2D eigenvalue weighted by Gasteiger charge is -2.09. The maximum atomic E-state index is 12.0. The number of amides is 1. The minimum absolute atomic E-state index is 0.108. The molecule has 5 nitrogen and oxygen atoms in total. The van der Waals surface area contributed by atoms with Crippen LogP contribution in [0.2, 0.25) is 0 Å². The van der Waals surface area contributed by atoms with Gasteiger partial charge < -0.3 is 19.5 Å². The van der Waals surface area contributed by atoms with Crippen molar-refractivity contribution in [2.24, 2.45) is 0 Å². The second kappa shape index (κ2) is 9.49. The molecule has 0 spiro atoms. The Kier molecular flexibility index (Phi) is 7.81. The fourth-order valence-electron chi connectivity index (χ4n) is 1.60. The fraction of sp³-hybridized carbons (Fsp3) is 0.500. The molecule has 1 rings (SSSR count). The highest BCUT2D eigenvalue weighted by Crippen LogP contribution is 2.09. The standard InChI is InChI=1S/C14H21NO4/c1-17-9-10-19-8-7-15-14(16)13-6-4-3-5-12(13)11-18-2/h3-6H,7-11H2,1-2H3,(H,15,16). The average molecular weight is 267 g/mol. The van der Waals surface area contributed by atoms with Crippen LogP contribution in [-0.2, 0) is 20.8 Å². The molecular weight excluding hydrogens is 246 g/mol. The number of hydrogen-bond donors (Lipinski definition) is 1. The number of carbonyl (C=O) groups excluding carboxylic acids is 1. The molecule has 1 aromatic carbocycles. The summed E-state index contributed by atoms with van der Waals surface area (Å²) in [5, 5.41) is 2.81. The number of rotatable bonds is 9. The summed E-state index contributed by atoms with van der Waals surface area (Å²) >= 11 is 0. The van der Waals surface area contributed by atoms with Crippen LogP contribution in [0.1, 0.15) is 15.9 Å². The molecule has 0 radical (unpaired) electrons. The summed E-state index contributed by atoms with van der Waals surface area (Å²) < 4.78 is 15.2. The van der Waals surface area contributed by atoms with Gasteiger partial charge in [0.15, 0.2) is 0 Å². The van der Waals surface area contributed by atoms with Crippen molar-refractivity contribution < 1.29 is 19.0 Å². The first-order chi connectivity index (χ1) is 9.29. The summed E-state index contributed by atoms with van der Waals surface area (Å²) in [7, 11) is 3.23. The molecule has 0 aliphatic rings. The van der Waals surface area contributed by atoms with Gasteiger partial charge in [-0.1, -0.05) is 18.2 Å². The maximum Gasteiger partial charge on any atom is 0.251 e. The Morgan fingerprint density at radius 1 is 1.11 bits per heavy atom. The minimum Gasteiger partial charge on any atom is -0.382 e. The van der Waals surface area contributed by atoms with Gasteiger partial charge in [0.05, 0.1) is 26.4 Å². The van der Waals surface area contributed by atoms with Gasteiger partial charge in [0, 0.05) is 26.3 Å². The van der Waals surface area contributed by atoms with Crippen LogP contribution >= 0.6 is 0 Å². The molecule has 0 atom stereocenters. The monoisotopic (exact) mass is 267 g/mol. The zero-order chi connectivity index (χ0) is 13.9. The largest absolute Gasteiger partial charge is 0.382 e. The minimum atomic E-state index is -0.108. The summed E-state index contributed by atoms with van der Waals surface area (Å²) in [5.74, 6) is -0.108. The summed E-state index contributed by atoms with van der Waals surface area (Å²) in [5.41, 5.74) is 1.52. The lowest BCUT2D eigenvalue weighted by molar-refractivity contribution is 0.0692. The first-order valence-corrected chi connectivity index (χ1v) is 6.21. The molecule has 0 aliphatic carbocycles. The van der Waals surface area contributed by atoms with Crippen molar-refractivity contribution >= 4 is 5.91 Å². The predicted molar refractivity (Wildman–Crippen MR) is 72.2 cm³/mol. The van der Waals surface area contributed by atoms with Crippen LogP contribution in [-0.4, -0.2) is 46.5 Å². The molecule has 0 saturated carbocycles.